The Kier molecular flexibility index (Phi) is 4.59. The lowest BCUT2D eigenvalue weighted by Crippen LogP contribution is -2.05. The molecule has 0 amide bonds. The Morgan fingerprint density at radius 1 is 1.10 bits per heavy atom. The summed E-state index contributed by atoms with van der Waals surface area (Å²) in [5.41, 5.74) is 7.84. The van der Waals surface area contributed by atoms with E-state index in [1.807, 2.05) is 12.1 Å². The molecule has 0 heterocycles. The summed E-state index contributed by atoms with van der Waals surface area (Å²) in [7, 11) is -3.38. The molecule has 112 valence electrons. The normalized spacial score (nSPS) is 11.8. The van der Waals surface area contributed by atoms with Crippen LogP contribution in [0.25, 0.3) is 0 Å². The molecule has 2 aromatic rings. The third-order valence-electron chi connectivity index (χ3n) is 3.32. The molecule has 2 aromatic carbocycles. The molecular weight excluding hydrogens is 306 g/mol. The van der Waals surface area contributed by atoms with Crippen LogP contribution < -0.4 is 5.73 Å². The first-order chi connectivity index (χ1) is 9.79. The molecule has 0 saturated heterocycles. The van der Waals surface area contributed by atoms with Gasteiger partial charge in [-0.15, -0.1) is 0 Å². The van der Waals surface area contributed by atoms with E-state index in [2.05, 4.69) is 13.8 Å². The van der Waals surface area contributed by atoms with Crippen LogP contribution in [0.1, 0.15) is 30.9 Å². The van der Waals surface area contributed by atoms with E-state index in [1.165, 1.54) is 0 Å². The van der Waals surface area contributed by atoms with Gasteiger partial charge >= 0.3 is 0 Å². The molecule has 0 aliphatic rings. The second-order valence-electron chi connectivity index (χ2n) is 5.34. The highest BCUT2D eigenvalue weighted by atomic mass is 35.5. The standard InChI is InChI=1S/C16H18ClNO2S/c1-11(2)13-4-6-14(7-5-13)21(19,20)10-12-3-8-15(17)16(18)9-12/h3-9,11H,10,18H2,1-2H3. The summed E-state index contributed by atoms with van der Waals surface area (Å²) >= 11 is 5.84. The summed E-state index contributed by atoms with van der Waals surface area (Å²) in [5.74, 6) is 0.285. The third kappa shape index (κ3) is 3.77. The molecule has 2 N–H and O–H groups in total. The highest BCUT2D eigenvalue weighted by Crippen LogP contribution is 2.24. The van der Waals surface area contributed by atoms with Crippen molar-refractivity contribution >= 4 is 27.1 Å². The molecule has 21 heavy (non-hydrogen) atoms. The predicted molar refractivity (Wildman–Crippen MR) is 87.3 cm³/mol. The van der Waals surface area contributed by atoms with Gasteiger partial charge in [0.25, 0.3) is 0 Å². The van der Waals surface area contributed by atoms with Crippen molar-refractivity contribution in [3.8, 4) is 0 Å². The topological polar surface area (TPSA) is 60.2 Å². The van der Waals surface area contributed by atoms with Crippen LogP contribution in [0.15, 0.2) is 47.4 Å². The van der Waals surface area contributed by atoms with Crippen molar-refractivity contribution in [1.82, 2.24) is 0 Å². The van der Waals surface area contributed by atoms with Gasteiger partial charge < -0.3 is 5.73 Å². The first kappa shape index (κ1) is 15.9. The van der Waals surface area contributed by atoms with Crippen molar-refractivity contribution < 1.29 is 8.42 Å². The smallest absolute Gasteiger partial charge is 0.182 e. The molecule has 0 fully saturated rings. The SMILES string of the molecule is CC(C)c1ccc(S(=O)(=O)Cc2ccc(Cl)c(N)c2)cc1. The minimum atomic E-state index is -3.38. The molecule has 0 radical (unpaired) electrons. The Labute approximate surface area is 130 Å². The molecule has 0 atom stereocenters. The Bertz CT molecular complexity index is 737. The fourth-order valence-electron chi connectivity index (χ4n) is 2.05. The maximum atomic E-state index is 12.4. The number of nitrogens with two attached hydrogens (primary N) is 1. The van der Waals surface area contributed by atoms with Crippen LogP contribution in [0.4, 0.5) is 5.69 Å². The summed E-state index contributed by atoms with van der Waals surface area (Å²) in [6.45, 7) is 4.14. The maximum absolute atomic E-state index is 12.4. The van der Waals surface area contributed by atoms with E-state index in [0.29, 0.717) is 27.1 Å². The molecule has 0 aliphatic carbocycles. The largest absolute Gasteiger partial charge is 0.398 e. The quantitative estimate of drug-likeness (QED) is 0.864. The number of nitrogen functional groups attached to an aromatic ring is 1. The lowest BCUT2D eigenvalue weighted by atomic mass is 10.0. The fraction of sp³-hybridized carbons (Fsp3) is 0.250. The van der Waals surface area contributed by atoms with Crippen molar-refractivity contribution in [3.63, 3.8) is 0 Å². The van der Waals surface area contributed by atoms with Crippen molar-refractivity contribution in [3.05, 3.63) is 58.6 Å². The average Bonchev–Trinajstić information content (AvgIpc) is 2.43. The second kappa shape index (κ2) is 6.08. The second-order valence-corrected chi connectivity index (χ2v) is 7.74. The predicted octanol–water partition coefficient (Wildman–Crippen LogP) is 4.02. The van der Waals surface area contributed by atoms with Gasteiger partial charge in [0.15, 0.2) is 9.84 Å². The zero-order valence-corrected chi connectivity index (χ0v) is 13.6. The fourth-order valence-corrected chi connectivity index (χ4v) is 3.50. The highest BCUT2D eigenvalue weighted by Gasteiger charge is 2.16. The Hall–Kier alpha value is -1.52. The lowest BCUT2D eigenvalue weighted by molar-refractivity contribution is 0.595. The molecule has 0 aliphatic heterocycles. The van der Waals surface area contributed by atoms with Gasteiger partial charge in [-0.2, -0.15) is 0 Å². The summed E-state index contributed by atoms with van der Waals surface area (Å²) in [4.78, 5) is 0.320. The van der Waals surface area contributed by atoms with Gasteiger partial charge in [0.05, 0.1) is 21.4 Å². The number of halogens is 1. The first-order valence-electron chi connectivity index (χ1n) is 6.66. The van der Waals surface area contributed by atoms with E-state index in [4.69, 9.17) is 17.3 Å². The van der Waals surface area contributed by atoms with Crippen LogP contribution in [0, 0.1) is 0 Å². The minimum absolute atomic E-state index is 0.0879. The van der Waals surface area contributed by atoms with Gasteiger partial charge in [0, 0.05) is 0 Å². The molecule has 0 unspecified atom stereocenters. The third-order valence-corrected chi connectivity index (χ3v) is 5.37. The highest BCUT2D eigenvalue weighted by molar-refractivity contribution is 7.90. The number of anilines is 1. The molecule has 0 spiro atoms. The van der Waals surface area contributed by atoms with Crippen molar-refractivity contribution in [1.29, 1.82) is 0 Å². The van der Waals surface area contributed by atoms with Gasteiger partial charge in [-0.25, -0.2) is 8.42 Å². The molecule has 3 nitrogen and oxygen atoms in total. The molecule has 0 aromatic heterocycles. The molecule has 0 saturated carbocycles. The van der Waals surface area contributed by atoms with Crippen molar-refractivity contribution in [2.75, 3.05) is 5.73 Å². The Morgan fingerprint density at radius 3 is 2.24 bits per heavy atom. The van der Waals surface area contributed by atoms with Gasteiger partial charge in [-0.05, 0) is 41.3 Å². The summed E-state index contributed by atoms with van der Waals surface area (Å²) in [5, 5.41) is 0.428. The van der Waals surface area contributed by atoms with E-state index in [0.717, 1.165) is 5.56 Å². The zero-order valence-electron chi connectivity index (χ0n) is 12.0. The van der Waals surface area contributed by atoms with E-state index in [9.17, 15) is 8.42 Å². The number of rotatable bonds is 4. The molecule has 2 rings (SSSR count). The average molecular weight is 324 g/mol. The molecule has 0 bridgehead atoms. The van der Waals surface area contributed by atoms with Crippen LogP contribution in [0.2, 0.25) is 5.02 Å². The van der Waals surface area contributed by atoms with Crippen molar-refractivity contribution in [2.45, 2.75) is 30.4 Å². The van der Waals surface area contributed by atoms with E-state index in [-0.39, 0.29) is 5.75 Å². The monoisotopic (exact) mass is 323 g/mol. The van der Waals surface area contributed by atoms with Crippen LogP contribution >= 0.6 is 11.6 Å². The van der Waals surface area contributed by atoms with E-state index >= 15 is 0 Å². The van der Waals surface area contributed by atoms with Crippen LogP contribution in [0.5, 0.6) is 0 Å². The summed E-state index contributed by atoms with van der Waals surface area (Å²) < 4.78 is 24.8. The van der Waals surface area contributed by atoms with Crippen LogP contribution in [-0.4, -0.2) is 8.42 Å². The number of hydrogen-bond acceptors (Lipinski definition) is 3. The van der Waals surface area contributed by atoms with Gasteiger partial charge in [0.2, 0.25) is 0 Å². The minimum Gasteiger partial charge on any atom is -0.398 e. The van der Waals surface area contributed by atoms with E-state index < -0.39 is 9.84 Å². The van der Waals surface area contributed by atoms with Crippen LogP contribution in [0.3, 0.4) is 0 Å². The summed E-state index contributed by atoms with van der Waals surface area (Å²) in [6, 6.07) is 11.9. The van der Waals surface area contributed by atoms with Crippen LogP contribution in [-0.2, 0) is 15.6 Å². The zero-order chi connectivity index (χ0) is 15.6. The Balaban J connectivity index is 2.27. The number of sulfone groups is 1. The van der Waals surface area contributed by atoms with Crippen molar-refractivity contribution in [2.24, 2.45) is 0 Å². The van der Waals surface area contributed by atoms with Gasteiger partial charge in [0.1, 0.15) is 0 Å². The Morgan fingerprint density at radius 2 is 1.71 bits per heavy atom. The maximum Gasteiger partial charge on any atom is 0.182 e. The first-order valence-corrected chi connectivity index (χ1v) is 8.69. The van der Waals surface area contributed by atoms with Gasteiger partial charge in [-0.1, -0.05) is 43.6 Å². The molecule has 5 heteroatoms. The van der Waals surface area contributed by atoms with E-state index in [1.54, 1.807) is 30.3 Å². The number of hydrogen-bond donors (Lipinski definition) is 1. The lowest BCUT2D eigenvalue weighted by Gasteiger charge is -2.09. The molecular formula is C16H18ClNO2S. The van der Waals surface area contributed by atoms with Gasteiger partial charge in [-0.3, -0.25) is 0 Å². The summed E-state index contributed by atoms with van der Waals surface area (Å²) in [6.07, 6.45) is 0. The number of benzene rings is 2.